The average molecular weight is 471 g/mol. The first-order valence-corrected chi connectivity index (χ1v) is 11.1. The van der Waals surface area contributed by atoms with Crippen molar-refractivity contribution in [2.45, 2.75) is 32.4 Å². The molecular weight excluding hydrogens is 444 g/mol. The number of benzene rings is 1. The van der Waals surface area contributed by atoms with Crippen LogP contribution in [0.1, 0.15) is 29.9 Å². The molecule has 3 heterocycles. The summed E-state index contributed by atoms with van der Waals surface area (Å²) in [6.45, 7) is 4.33. The fourth-order valence-electron chi connectivity index (χ4n) is 4.05. The van der Waals surface area contributed by atoms with Crippen molar-refractivity contribution in [1.82, 2.24) is 15.3 Å². The van der Waals surface area contributed by atoms with Gasteiger partial charge in [-0.25, -0.2) is 0 Å². The Hall–Kier alpha value is -3.23. The van der Waals surface area contributed by atoms with Crippen molar-refractivity contribution in [3.05, 3.63) is 52.9 Å². The molecule has 1 aromatic carbocycles. The maximum Gasteiger partial charge on any atom is 0.255 e. The van der Waals surface area contributed by atoms with Crippen molar-refractivity contribution in [2.24, 2.45) is 0 Å². The van der Waals surface area contributed by atoms with E-state index in [2.05, 4.69) is 20.6 Å². The molecule has 3 N–H and O–H groups in total. The van der Waals surface area contributed by atoms with E-state index in [1.807, 2.05) is 32.0 Å². The highest BCUT2D eigenvalue weighted by Crippen LogP contribution is 2.43. The molecule has 9 heteroatoms. The highest BCUT2D eigenvalue weighted by molar-refractivity contribution is 6.32. The molecule has 1 aliphatic heterocycles. The number of halogens is 1. The predicted octanol–water partition coefficient (Wildman–Crippen LogP) is 4.57. The van der Waals surface area contributed by atoms with Crippen LogP contribution in [0, 0.1) is 0 Å². The van der Waals surface area contributed by atoms with Crippen molar-refractivity contribution in [1.29, 1.82) is 0 Å². The fourth-order valence-corrected chi connectivity index (χ4v) is 4.30. The van der Waals surface area contributed by atoms with Gasteiger partial charge in [-0.15, -0.1) is 0 Å². The van der Waals surface area contributed by atoms with Crippen molar-refractivity contribution >= 4 is 28.9 Å². The first-order chi connectivity index (χ1) is 15.9. The van der Waals surface area contributed by atoms with Crippen LogP contribution in [0.4, 0.5) is 11.4 Å². The first-order valence-electron chi connectivity index (χ1n) is 10.7. The molecule has 1 aliphatic rings. The molecule has 33 heavy (non-hydrogen) atoms. The van der Waals surface area contributed by atoms with Crippen LogP contribution in [0.25, 0.3) is 11.3 Å². The highest BCUT2D eigenvalue weighted by Gasteiger charge is 2.31. The summed E-state index contributed by atoms with van der Waals surface area (Å²) >= 11 is 6.34. The van der Waals surface area contributed by atoms with Gasteiger partial charge < -0.3 is 29.8 Å². The maximum atomic E-state index is 13.0. The van der Waals surface area contributed by atoms with E-state index in [1.165, 1.54) is 0 Å². The molecule has 0 spiro atoms. The maximum absolute atomic E-state index is 13.0. The molecular formula is C24H27ClN4O4. The van der Waals surface area contributed by atoms with Gasteiger partial charge >= 0.3 is 0 Å². The van der Waals surface area contributed by atoms with Crippen LogP contribution in [-0.2, 0) is 11.2 Å². The van der Waals surface area contributed by atoms with E-state index < -0.39 is 0 Å². The quantitative estimate of drug-likeness (QED) is 0.446. The third kappa shape index (κ3) is 4.62. The molecule has 8 nitrogen and oxygen atoms in total. The summed E-state index contributed by atoms with van der Waals surface area (Å²) in [6, 6.07) is 7.29. The van der Waals surface area contributed by atoms with E-state index >= 15 is 0 Å². The van der Waals surface area contributed by atoms with Gasteiger partial charge in [-0.05, 0) is 32.0 Å². The zero-order valence-corrected chi connectivity index (χ0v) is 19.7. The summed E-state index contributed by atoms with van der Waals surface area (Å²) in [7, 11) is 3.18. The Balaban J connectivity index is 1.86. The van der Waals surface area contributed by atoms with E-state index in [1.54, 1.807) is 32.7 Å². The molecule has 0 radical (unpaired) electrons. The molecule has 1 amide bonds. The second kappa shape index (κ2) is 9.72. The molecule has 0 bridgehead atoms. The van der Waals surface area contributed by atoms with Gasteiger partial charge in [-0.3, -0.25) is 9.78 Å². The Morgan fingerprint density at radius 1 is 1.30 bits per heavy atom. The van der Waals surface area contributed by atoms with Crippen LogP contribution >= 0.6 is 11.6 Å². The number of nitrogens with one attached hydrogen (secondary N) is 3. The molecule has 4 rings (SSSR count). The van der Waals surface area contributed by atoms with Gasteiger partial charge in [0.15, 0.2) is 5.75 Å². The number of amides is 1. The number of rotatable bonds is 8. The second-order valence-corrected chi connectivity index (χ2v) is 8.42. The molecule has 2 aromatic heterocycles. The van der Waals surface area contributed by atoms with Gasteiger partial charge in [0.25, 0.3) is 5.91 Å². The Morgan fingerprint density at radius 3 is 2.88 bits per heavy atom. The van der Waals surface area contributed by atoms with Crippen LogP contribution in [0.3, 0.4) is 0 Å². The summed E-state index contributed by atoms with van der Waals surface area (Å²) in [5, 5.41) is 6.87. The Morgan fingerprint density at radius 2 is 2.12 bits per heavy atom. The number of methoxy groups -OCH3 is 2. The number of carbonyl (C=O) groups is 1. The first kappa shape index (κ1) is 22.9. The molecule has 0 aliphatic carbocycles. The number of hydrogen-bond donors (Lipinski definition) is 3. The lowest BCUT2D eigenvalue weighted by Crippen LogP contribution is -2.39. The smallest absolute Gasteiger partial charge is 0.255 e. The molecule has 0 saturated carbocycles. The zero-order valence-electron chi connectivity index (χ0n) is 19.0. The molecule has 174 valence electrons. The largest absolute Gasteiger partial charge is 0.493 e. The van der Waals surface area contributed by atoms with Crippen molar-refractivity contribution < 1.29 is 19.0 Å². The van der Waals surface area contributed by atoms with Crippen molar-refractivity contribution in [2.75, 3.05) is 26.1 Å². The van der Waals surface area contributed by atoms with Crippen LogP contribution in [0.5, 0.6) is 11.5 Å². The second-order valence-electron chi connectivity index (χ2n) is 8.01. The van der Waals surface area contributed by atoms with Gasteiger partial charge in [0.1, 0.15) is 11.9 Å². The lowest BCUT2D eigenvalue weighted by Gasteiger charge is -2.21. The Bertz CT molecular complexity index is 1160. The number of aromatic amines is 1. The van der Waals surface area contributed by atoms with Crippen LogP contribution in [0.15, 0.2) is 36.7 Å². The molecule has 2 atom stereocenters. The summed E-state index contributed by atoms with van der Waals surface area (Å²) in [5.41, 5.74) is 4.14. The summed E-state index contributed by atoms with van der Waals surface area (Å²) in [5.74, 6) is 0.916. The average Bonchev–Trinajstić information content (AvgIpc) is 3.12. The minimum Gasteiger partial charge on any atom is -0.493 e. The number of H-pyrrole nitrogens is 1. The Kier molecular flexibility index (Phi) is 6.76. The van der Waals surface area contributed by atoms with Gasteiger partial charge in [-0.2, -0.15) is 0 Å². The third-order valence-electron chi connectivity index (χ3n) is 5.41. The number of aromatic nitrogens is 2. The SMILES string of the molecule is COC[C@@H](C)Oc1cnccc1-c1[nH]c2c(c1Nc1cccc(Cl)c1OC)C(=O)N[C@H](C)C2. The van der Waals surface area contributed by atoms with Crippen LogP contribution in [0.2, 0.25) is 5.02 Å². The Labute approximate surface area is 197 Å². The van der Waals surface area contributed by atoms with Crippen LogP contribution in [-0.4, -0.2) is 48.8 Å². The van der Waals surface area contributed by atoms with Gasteiger partial charge in [0.2, 0.25) is 0 Å². The minimum atomic E-state index is -0.185. The van der Waals surface area contributed by atoms with Gasteiger partial charge in [-0.1, -0.05) is 17.7 Å². The standard InChI is InChI=1S/C24H27ClN4O4/c1-13-10-18-20(24(30)27-13)22(28-17-7-5-6-16(25)23(17)32-4)21(29-18)15-8-9-26-11-19(15)33-14(2)12-31-3/h5-9,11,13-14,28-29H,10,12H2,1-4H3,(H,27,30)/t13-,14-/m1/s1. The van der Waals surface area contributed by atoms with Crippen molar-refractivity contribution in [3.8, 4) is 22.8 Å². The van der Waals surface area contributed by atoms with Gasteiger partial charge in [0, 0.05) is 37.0 Å². The number of carbonyl (C=O) groups excluding carboxylic acids is 1. The number of hydrogen-bond acceptors (Lipinski definition) is 6. The molecule has 0 unspecified atom stereocenters. The van der Waals surface area contributed by atoms with E-state index in [0.29, 0.717) is 52.2 Å². The van der Waals surface area contributed by atoms with Gasteiger partial charge in [0.05, 0.1) is 47.6 Å². The fraction of sp³-hybridized carbons (Fsp3) is 0.333. The summed E-state index contributed by atoms with van der Waals surface area (Å²) < 4.78 is 16.8. The minimum absolute atomic E-state index is 0.0138. The monoisotopic (exact) mass is 470 g/mol. The number of ether oxygens (including phenoxy) is 3. The number of pyridine rings is 1. The lowest BCUT2D eigenvalue weighted by atomic mass is 10.0. The topological polar surface area (TPSA) is 97.5 Å². The van der Waals surface area contributed by atoms with E-state index in [4.69, 9.17) is 25.8 Å². The molecule has 3 aromatic rings. The lowest BCUT2D eigenvalue weighted by molar-refractivity contribution is 0.0921. The predicted molar refractivity (Wildman–Crippen MR) is 128 cm³/mol. The molecule has 0 fully saturated rings. The zero-order chi connectivity index (χ0) is 23.5. The van der Waals surface area contributed by atoms with Crippen LogP contribution < -0.4 is 20.1 Å². The number of fused-ring (bicyclic) bond motifs is 1. The summed E-state index contributed by atoms with van der Waals surface area (Å²) in [4.78, 5) is 20.7. The van der Waals surface area contributed by atoms with E-state index in [-0.39, 0.29) is 18.1 Å². The number of nitrogens with zero attached hydrogens (tertiary/aromatic N) is 1. The summed E-state index contributed by atoms with van der Waals surface area (Å²) in [6.07, 6.45) is 3.84. The normalized spacial score (nSPS) is 16.0. The number of para-hydroxylation sites is 1. The highest BCUT2D eigenvalue weighted by atomic mass is 35.5. The van der Waals surface area contributed by atoms with E-state index in [0.717, 1.165) is 11.3 Å². The molecule has 0 saturated heterocycles. The third-order valence-corrected chi connectivity index (χ3v) is 5.70. The number of anilines is 2. The van der Waals surface area contributed by atoms with E-state index in [9.17, 15) is 4.79 Å². The van der Waals surface area contributed by atoms with Crippen molar-refractivity contribution in [3.63, 3.8) is 0 Å².